The SMILES string of the molecule is CN(CN1CCn2nccc2C1=O)c1ccccc1. The van der Waals surface area contributed by atoms with Crippen molar-refractivity contribution in [2.24, 2.45) is 0 Å². The average Bonchev–Trinajstić information content (AvgIpc) is 2.92. The summed E-state index contributed by atoms with van der Waals surface area (Å²) < 4.78 is 1.77. The number of rotatable bonds is 3. The van der Waals surface area contributed by atoms with E-state index < -0.39 is 0 Å². The lowest BCUT2D eigenvalue weighted by atomic mass is 10.3. The molecule has 1 aliphatic rings. The Morgan fingerprint density at radius 1 is 1.21 bits per heavy atom. The van der Waals surface area contributed by atoms with Gasteiger partial charge in [-0.15, -0.1) is 0 Å². The molecule has 0 spiro atoms. The Bertz CT molecular complexity index is 578. The van der Waals surface area contributed by atoms with Gasteiger partial charge in [0.2, 0.25) is 0 Å². The van der Waals surface area contributed by atoms with Crippen molar-refractivity contribution >= 4 is 11.6 Å². The summed E-state index contributed by atoms with van der Waals surface area (Å²) in [5.74, 6) is 0.0477. The van der Waals surface area contributed by atoms with Crippen LogP contribution in [-0.4, -0.2) is 40.8 Å². The van der Waals surface area contributed by atoms with Crippen molar-refractivity contribution in [2.75, 3.05) is 25.2 Å². The second kappa shape index (κ2) is 4.76. The molecule has 2 heterocycles. The Balaban J connectivity index is 1.73. The number of aromatic nitrogens is 2. The maximum absolute atomic E-state index is 12.3. The van der Waals surface area contributed by atoms with Crippen molar-refractivity contribution < 1.29 is 4.79 Å². The molecule has 0 radical (unpaired) electrons. The lowest BCUT2D eigenvalue weighted by Crippen LogP contribution is -2.45. The van der Waals surface area contributed by atoms with Crippen LogP contribution in [0, 0.1) is 0 Å². The summed E-state index contributed by atoms with van der Waals surface area (Å²) in [6, 6.07) is 11.8. The van der Waals surface area contributed by atoms with E-state index in [9.17, 15) is 4.79 Å². The highest BCUT2D eigenvalue weighted by Crippen LogP contribution is 2.15. The van der Waals surface area contributed by atoms with Gasteiger partial charge in [0, 0.05) is 25.5 Å². The highest BCUT2D eigenvalue weighted by Gasteiger charge is 2.25. The van der Waals surface area contributed by atoms with Gasteiger partial charge in [0.15, 0.2) is 0 Å². The Morgan fingerprint density at radius 3 is 2.79 bits per heavy atom. The smallest absolute Gasteiger partial charge is 0.273 e. The van der Waals surface area contributed by atoms with Gasteiger partial charge in [-0.05, 0) is 18.2 Å². The number of hydrogen-bond donors (Lipinski definition) is 0. The van der Waals surface area contributed by atoms with Crippen molar-refractivity contribution in [1.82, 2.24) is 14.7 Å². The standard InChI is InChI=1S/C14H16N4O/c1-16(12-5-3-2-4-6-12)11-17-9-10-18-13(14(17)19)7-8-15-18/h2-8H,9-11H2,1H3. The van der Waals surface area contributed by atoms with Crippen LogP contribution < -0.4 is 4.90 Å². The van der Waals surface area contributed by atoms with E-state index in [1.165, 1.54) is 0 Å². The first-order chi connectivity index (χ1) is 9.25. The van der Waals surface area contributed by atoms with Crippen LogP contribution in [0.25, 0.3) is 0 Å². The predicted octanol–water partition coefficient (Wildman–Crippen LogP) is 1.43. The molecule has 1 aromatic carbocycles. The van der Waals surface area contributed by atoms with E-state index in [1.807, 2.05) is 42.3 Å². The molecule has 0 aliphatic carbocycles. The summed E-state index contributed by atoms with van der Waals surface area (Å²) in [7, 11) is 1.99. The van der Waals surface area contributed by atoms with E-state index in [1.54, 1.807) is 16.9 Å². The third-order valence-electron chi connectivity index (χ3n) is 3.38. The Kier molecular flexibility index (Phi) is 2.95. The second-order valence-electron chi connectivity index (χ2n) is 4.68. The van der Waals surface area contributed by atoms with Gasteiger partial charge in [0.1, 0.15) is 5.69 Å². The molecule has 1 amide bonds. The van der Waals surface area contributed by atoms with Gasteiger partial charge in [-0.2, -0.15) is 5.10 Å². The Labute approximate surface area is 112 Å². The fourth-order valence-electron chi connectivity index (χ4n) is 2.33. The Hall–Kier alpha value is -2.30. The van der Waals surface area contributed by atoms with Gasteiger partial charge in [-0.25, -0.2) is 0 Å². The molecular formula is C14H16N4O. The fraction of sp³-hybridized carbons (Fsp3) is 0.286. The number of carbonyl (C=O) groups is 1. The van der Waals surface area contributed by atoms with Crippen LogP contribution in [0.2, 0.25) is 0 Å². The lowest BCUT2D eigenvalue weighted by Gasteiger charge is -2.32. The molecule has 2 aromatic rings. The minimum absolute atomic E-state index is 0.0477. The summed E-state index contributed by atoms with van der Waals surface area (Å²) in [6.07, 6.45) is 1.68. The minimum atomic E-state index is 0.0477. The van der Waals surface area contributed by atoms with Gasteiger partial charge in [0.25, 0.3) is 5.91 Å². The van der Waals surface area contributed by atoms with Crippen molar-refractivity contribution in [3.05, 3.63) is 48.3 Å². The molecule has 1 aromatic heterocycles. The highest BCUT2D eigenvalue weighted by atomic mass is 16.2. The number of anilines is 1. The quantitative estimate of drug-likeness (QED) is 0.834. The molecule has 0 N–H and O–H groups in total. The molecule has 0 saturated heterocycles. The van der Waals surface area contributed by atoms with Crippen LogP contribution in [0.1, 0.15) is 10.5 Å². The molecule has 0 unspecified atom stereocenters. The highest BCUT2D eigenvalue weighted by molar-refractivity contribution is 5.93. The molecule has 1 aliphatic heterocycles. The van der Waals surface area contributed by atoms with E-state index in [2.05, 4.69) is 10.00 Å². The molecule has 0 bridgehead atoms. The number of benzene rings is 1. The van der Waals surface area contributed by atoms with E-state index in [0.717, 1.165) is 12.2 Å². The molecule has 98 valence electrons. The number of para-hydroxylation sites is 1. The number of nitrogens with zero attached hydrogens (tertiary/aromatic N) is 4. The maximum Gasteiger partial charge on any atom is 0.273 e. The van der Waals surface area contributed by atoms with Crippen LogP contribution in [0.4, 0.5) is 5.69 Å². The van der Waals surface area contributed by atoms with Crippen LogP contribution in [0.5, 0.6) is 0 Å². The summed E-state index contributed by atoms with van der Waals surface area (Å²) in [6.45, 7) is 2.05. The summed E-state index contributed by atoms with van der Waals surface area (Å²) in [5, 5.41) is 4.13. The molecule has 0 saturated carbocycles. The van der Waals surface area contributed by atoms with Crippen LogP contribution in [0.15, 0.2) is 42.6 Å². The molecule has 19 heavy (non-hydrogen) atoms. The predicted molar refractivity (Wildman–Crippen MR) is 73.0 cm³/mol. The zero-order valence-corrected chi connectivity index (χ0v) is 10.9. The zero-order chi connectivity index (χ0) is 13.2. The first-order valence-corrected chi connectivity index (χ1v) is 6.33. The van der Waals surface area contributed by atoms with E-state index in [-0.39, 0.29) is 5.91 Å². The topological polar surface area (TPSA) is 41.4 Å². The van der Waals surface area contributed by atoms with Crippen molar-refractivity contribution in [2.45, 2.75) is 6.54 Å². The van der Waals surface area contributed by atoms with E-state index >= 15 is 0 Å². The van der Waals surface area contributed by atoms with Crippen LogP contribution in [-0.2, 0) is 6.54 Å². The fourth-order valence-corrected chi connectivity index (χ4v) is 2.33. The molecule has 3 rings (SSSR count). The number of fused-ring (bicyclic) bond motifs is 1. The largest absolute Gasteiger partial charge is 0.357 e. The third-order valence-corrected chi connectivity index (χ3v) is 3.38. The number of hydrogen-bond acceptors (Lipinski definition) is 3. The van der Waals surface area contributed by atoms with Crippen LogP contribution >= 0.6 is 0 Å². The molecule has 0 atom stereocenters. The van der Waals surface area contributed by atoms with E-state index in [4.69, 9.17) is 0 Å². The first-order valence-electron chi connectivity index (χ1n) is 6.33. The molecule has 5 heteroatoms. The minimum Gasteiger partial charge on any atom is -0.357 e. The maximum atomic E-state index is 12.3. The molecular weight excluding hydrogens is 240 g/mol. The second-order valence-corrected chi connectivity index (χ2v) is 4.68. The van der Waals surface area contributed by atoms with Gasteiger partial charge >= 0.3 is 0 Å². The summed E-state index contributed by atoms with van der Waals surface area (Å²) in [4.78, 5) is 16.2. The zero-order valence-electron chi connectivity index (χ0n) is 10.9. The van der Waals surface area contributed by atoms with Crippen molar-refractivity contribution in [3.8, 4) is 0 Å². The molecule has 0 fully saturated rings. The van der Waals surface area contributed by atoms with Crippen molar-refractivity contribution in [1.29, 1.82) is 0 Å². The number of carbonyl (C=O) groups excluding carboxylic acids is 1. The van der Waals surface area contributed by atoms with Gasteiger partial charge in [-0.1, -0.05) is 18.2 Å². The van der Waals surface area contributed by atoms with E-state index in [0.29, 0.717) is 18.9 Å². The van der Waals surface area contributed by atoms with Gasteiger partial charge < -0.3 is 9.80 Å². The molecule has 5 nitrogen and oxygen atoms in total. The average molecular weight is 256 g/mol. The monoisotopic (exact) mass is 256 g/mol. The normalized spacial score (nSPS) is 14.4. The first kappa shape index (κ1) is 11.8. The number of amides is 1. The van der Waals surface area contributed by atoms with Gasteiger partial charge in [-0.3, -0.25) is 9.48 Å². The third kappa shape index (κ3) is 2.19. The summed E-state index contributed by atoms with van der Waals surface area (Å²) >= 11 is 0. The van der Waals surface area contributed by atoms with Crippen LogP contribution in [0.3, 0.4) is 0 Å². The van der Waals surface area contributed by atoms with Gasteiger partial charge in [0.05, 0.1) is 13.2 Å². The summed E-state index contributed by atoms with van der Waals surface area (Å²) in [5.41, 5.74) is 1.78. The lowest BCUT2D eigenvalue weighted by molar-refractivity contribution is 0.0700. The Morgan fingerprint density at radius 2 is 2.00 bits per heavy atom. The van der Waals surface area contributed by atoms with Crippen molar-refractivity contribution in [3.63, 3.8) is 0 Å².